The van der Waals surface area contributed by atoms with Crippen molar-refractivity contribution in [2.24, 2.45) is 0 Å². The van der Waals surface area contributed by atoms with Crippen molar-refractivity contribution in [2.45, 2.75) is 32.0 Å². The first-order valence-corrected chi connectivity index (χ1v) is 6.53. The lowest BCUT2D eigenvalue weighted by Crippen LogP contribution is -2.15. The Hall–Kier alpha value is -1.39. The molecule has 96 valence electrons. The van der Waals surface area contributed by atoms with Crippen LogP contribution in [0.3, 0.4) is 0 Å². The number of pyridine rings is 1. The summed E-state index contributed by atoms with van der Waals surface area (Å²) in [6.45, 7) is 2.51. The van der Waals surface area contributed by atoms with E-state index in [4.69, 9.17) is 4.74 Å². The molecule has 4 nitrogen and oxygen atoms in total. The van der Waals surface area contributed by atoms with Crippen LogP contribution >= 0.6 is 0 Å². The Morgan fingerprint density at radius 3 is 3.17 bits per heavy atom. The first kappa shape index (κ1) is 11.7. The Balaban J connectivity index is 1.86. The fourth-order valence-electron chi connectivity index (χ4n) is 2.24. The van der Waals surface area contributed by atoms with E-state index in [0.29, 0.717) is 0 Å². The van der Waals surface area contributed by atoms with Crippen LogP contribution in [-0.2, 0) is 17.8 Å². The molecule has 0 aliphatic heterocycles. The van der Waals surface area contributed by atoms with Crippen molar-refractivity contribution < 1.29 is 4.74 Å². The van der Waals surface area contributed by atoms with Gasteiger partial charge in [-0.05, 0) is 30.5 Å². The van der Waals surface area contributed by atoms with Crippen LogP contribution < -0.4 is 5.32 Å². The van der Waals surface area contributed by atoms with Gasteiger partial charge >= 0.3 is 0 Å². The van der Waals surface area contributed by atoms with Crippen molar-refractivity contribution >= 4 is 11.0 Å². The number of rotatable bonds is 6. The molecule has 0 spiro atoms. The average Bonchev–Trinajstić information content (AvgIpc) is 3.17. The van der Waals surface area contributed by atoms with Gasteiger partial charge < -0.3 is 14.6 Å². The summed E-state index contributed by atoms with van der Waals surface area (Å²) >= 11 is 0. The molecule has 1 fully saturated rings. The minimum absolute atomic E-state index is 0.718. The molecule has 0 radical (unpaired) electrons. The van der Waals surface area contributed by atoms with Crippen LogP contribution in [0.1, 0.15) is 18.4 Å². The highest BCUT2D eigenvalue weighted by molar-refractivity contribution is 5.80. The summed E-state index contributed by atoms with van der Waals surface area (Å²) in [7, 11) is 1.73. The highest BCUT2D eigenvalue weighted by Gasteiger charge is 2.20. The van der Waals surface area contributed by atoms with E-state index in [9.17, 15) is 0 Å². The standard InChI is InChI=1S/C14H19N3O/c1-18-8-7-17-10-11(9-16-12-4-5-12)13-3-2-6-15-14(13)17/h2-3,6,10,12,16H,4-5,7-9H2,1H3. The Morgan fingerprint density at radius 1 is 1.50 bits per heavy atom. The van der Waals surface area contributed by atoms with Gasteiger partial charge in [-0.25, -0.2) is 4.98 Å². The highest BCUT2D eigenvalue weighted by Crippen LogP contribution is 2.22. The van der Waals surface area contributed by atoms with Crippen molar-refractivity contribution in [1.82, 2.24) is 14.9 Å². The van der Waals surface area contributed by atoms with E-state index in [-0.39, 0.29) is 0 Å². The van der Waals surface area contributed by atoms with E-state index >= 15 is 0 Å². The van der Waals surface area contributed by atoms with Crippen molar-refractivity contribution in [3.8, 4) is 0 Å². The number of hydrogen-bond donors (Lipinski definition) is 1. The number of methoxy groups -OCH3 is 1. The molecule has 0 atom stereocenters. The normalized spacial score (nSPS) is 15.4. The number of fused-ring (bicyclic) bond motifs is 1. The van der Waals surface area contributed by atoms with E-state index in [0.717, 1.165) is 31.4 Å². The molecule has 2 aromatic heterocycles. The second-order valence-corrected chi connectivity index (χ2v) is 4.87. The maximum atomic E-state index is 5.15. The van der Waals surface area contributed by atoms with Gasteiger partial charge in [-0.2, -0.15) is 0 Å². The summed E-state index contributed by atoms with van der Waals surface area (Å²) in [4.78, 5) is 4.48. The number of nitrogens with one attached hydrogen (secondary N) is 1. The molecule has 4 heteroatoms. The Morgan fingerprint density at radius 2 is 2.39 bits per heavy atom. The van der Waals surface area contributed by atoms with Crippen LogP contribution in [0.2, 0.25) is 0 Å². The number of hydrogen-bond acceptors (Lipinski definition) is 3. The monoisotopic (exact) mass is 245 g/mol. The van der Waals surface area contributed by atoms with Crippen molar-refractivity contribution in [3.63, 3.8) is 0 Å². The molecule has 0 saturated heterocycles. The van der Waals surface area contributed by atoms with E-state index in [1.807, 2.05) is 12.3 Å². The Bertz CT molecular complexity index is 531. The van der Waals surface area contributed by atoms with Crippen LogP contribution in [-0.4, -0.2) is 29.3 Å². The summed E-state index contributed by atoms with van der Waals surface area (Å²) in [6.07, 6.45) is 6.69. The predicted octanol–water partition coefficient (Wildman–Crippen LogP) is 1.93. The summed E-state index contributed by atoms with van der Waals surface area (Å²) in [5, 5.41) is 4.81. The predicted molar refractivity (Wildman–Crippen MR) is 71.5 cm³/mol. The molecule has 2 aromatic rings. The van der Waals surface area contributed by atoms with Crippen molar-refractivity contribution in [1.29, 1.82) is 0 Å². The maximum Gasteiger partial charge on any atom is 0.140 e. The lowest BCUT2D eigenvalue weighted by atomic mass is 10.2. The average molecular weight is 245 g/mol. The molecule has 1 aliphatic rings. The van der Waals surface area contributed by atoms with Gasteiger partial charge in [-0.1, -0.05) is 0 Å². The summed E-state index contributed by atoms with van der Waals surface area (Å²) < 4.78 is 7.33. The topological polar surface area (TPSA) is 39.1 Å². The molecule has 1 aliphatic carbocycles. The van der Waals surface area contributed by atoms with Gasteiger partial charge in [0, 0.05) is 44.0 Å². The molecule has 1 N–H and O–H groups in total. The van der Waals surface area contributed by atoms with Gasteiger partial charge in [-0.15, -0.1) is 0 Å². The highest BCUT2D eigenvalue weighted by atomic mass is 16.5. The molecule has 2 heterocycles. The molecule has 0 amide bonds. The Labute approximate surface area is 107 Å². The largest absolute Gasteiger partial charge is 0.383 e. The first-order valence-electron chi connectivity index (χ1n) is 6.53. The Kier molecular flexibility index (Phi) is 3.30. The van der Waals surface area contributed by atoms with E-state index < -0.39 is 0 Å². The SMILES string of the molecule is COCCn1cc(CNC2CC2)c2cccnc21. The van der Waals surface area contributed by atoms with Crippen LogP contribution in [0.15, 0.2) is 24.5 Å². The van der Waals surface area contributed by atoms with Gasteiger partial charge in [0.05, 0.1) is 6.61 Å². The lowest BCUT2D eigenvalue weighted by molar-refractivity contribution is 0.188. The third-order valence-corrected chi connectivity index (χ3v) is 3.41. The van der Waals surface area contributed by atoms with Gasteiger partial charge in [0.15, 0.2) is 0 Å². The lowest BCUT2D eigenvalue weighted by Gasteiger charge is -2.02. The summed E-state index contributed by atoms with van der Waals surface area (Å²) in [6, 6.07) is 4.89. The molecular weight excluding hydrogens is 226 g/mol. The molecule has 0 bridgehead atoms. The quantitative estimate of drug-likeness (QED) is 0.845. The molecule has 0 aromatic carbocycles. The minimum atomic E-state index is 0.718. The summed E-state index contributed by atoms with van der Waals surface area (Å²) in [5.41, 5.74) is 2.39. The molecule has 0 unspecified atom stereocenters. The molecular formula is C14H19N3O. The van der Waals surface area contributed by atoms with Gasteiger partial charge in [0.25, 0.3) is 0 Å². The maximum absolute atomic E-state index is 5.15. The smallest absolute Gasteiger partial charge is 0.140 e. The second kappa shape index (κ2) is 5.08. The van der Waals surface area contributed by atoms with Crippen LogP contribution in [0.25, 0.3) is 11.0 Å². The zero-order valence-corrected chi connectivity index (χ0v) is 10.7. The number of ether oxygens (including phenoxy) is 1. The van der Waals surface area contributed by atoms with Gasteiger partial charge in [-0.3, -0.25) is 0 Å². The van der Waals surface area contributed by atoms with E-state index in [1.54, 1.807) is 7.11 Å². The van der Waals surface area contributed by atoms with Crippen molar-refractivity contribution in [2.75, 3.05) is 13.7 Å². The fraction of sp³-hybridized carbons (Fsp3) is 0.500. The van der Waals surface area contributed by atoms with Gasteiger partial charge in [0.1, 0.15) is 5.65 Å². The van der Waals surface area contributed by atoms with Gasteiger partial charge in [0.2, 0.25) is 0 Å². The van der Waals surface area contributed by atoms with E-state index in [1.165, 1.54) is 23.8 Å². The van der Waals surface area contributed by atoms with Crippen molar-refractivity contribution in [3.05, 3.63) is 30.1 Å². The number of aromatic nitrogens is 2. The molecule has 3 rings (SSSR count). The molecule has 1 saturated carbocycles. The van der Waals surface area contributed by atoms with E-state index in [2.05, 4.69) is 27.1 Å². The van der Waals surface area contributed by atoms with Crippen LogP contribution in [0.5, 0.6) is 0 Å². The van der Waals surface area contributed by atoms with Crippen LogP contribution in [0.4, 0.5) is 0 Å². The van der Waals surface area contributed by atoms with Crippen LogP contribution in [0, 0.1) is 0 Å². The zero-order valence-electron chi connectivity index (χ0n) is 10.7. The first-order chi connectivity index (χ1) is 8.88. The third kappa shape index (κ3) is 2.40. The fourth-order valence-corrected chi connectivity index (χ4v) is 2.24. The third-order valence-electron chi connectivity index (χ3n) is 3.41. The minimum Gasteiger partial charge on any atom is -0.383 e. The summed E-state index contributed by atoms with van der Waals surface area (Å²) in [5.74, 6) is 0. The molecule has 18 heavy (non-hydrogen) atoms. The second-order valence-electron chi connectivity index (χ2n) is 4.87. The zero-order chi connectivity index (χ0) is 12.4. The number of nitrogens with zero attached hydrogens (tertiary/aromatic N) is 2.